The standard InChI is InChI=1S/C69H72BN4O9P/c1-51(2)74(52(3)4)84(80-48-22-46-71)81-64(50-79-67(54-23-12-7-13-24-54,55-35-41-62(77-5)42-36-55)56-37-43-63(78-6)44-38-56)49-73-65(75)45-47-72-66(76)53-33-39-61(40-34-53)70-82-68(57-25-14-8-15-26-57,58-27-16-9-17-28-58)69(83-70,59-29-18-10-19-30-59)60-31-20-11-21-32-60/h7-21,23-44,51-52,64H,22,45,47-50H2,1-6H3,(H,72,76)(H,73,75). The van der Waals surface area contributed by atoms with E-state index in [0.29, 0.717) is 17.1 Å². The van der Waals surface area contributed by atoms with Crippen molar-refractivity contribution in [1.29, 1.82) is 5.26 Å². The summed E-state index contributed by atoms with van der Waals surface area (Å²) in [5, 5.41) is 15.5. The molecule has 1 aliphatic rings. The number of nitrogens with one attached hydrogen (secondary N) is 2. The van der Waals surface area contributed by atoms with E-state index >= 15 is 0 Å². The van der Waals surface area contributed by atoms with Gasteiger partial charge in [0.15, 0.2) is 0 Å². The van der Waals surface area contributed by atoms with Gasteiger partial charge in [0.25, 0.3) is 14.4 Å². The Bertz CT molecular complexity index is 3150. The maximum atomic E-state index is 13.9. The molecule has 2 unspecified atom stereocenters. The molecule has 9 rings (SSSR count). The molecular weight excluding hydrogens is 1070 g/mol. The second kappa shape index (κ2) is 28.6. The van der Waals surface area contributed by atoms with Gasteiger partial charge in [-0.25, -0.2) is 4.67 Å². The Balaban J connectivity index is 0.942. The van der Waals surface area contributed by atoms with Crippen LogP contribution in [0, 0.1) is 11.3 Å². The molecule has 0 aromatic heterocycles. The number of hydrogen-bond donors (Lipinski definition) is 2. The summed E-state index contributed by atoms with van der Waals surface area (Å²) in [5.74, 6) is 0.712. The minimum absolute atomic E-state index is 0.0121. The first-order valence-corrected chi connectivity index (χ1v) is 29.6. The zero-order valence-electron chi connectivity index (χ0n) is 48.4. The van der Waals surface area contributed by atoms with Crippen molar-refractivity contribution in [2.45, 2.75) is 75.5 Å². The molecule has 1 aliphatic heterocycles. The second-order valence-corrected chi connectivity index (χ2v) is 22.3. The molecule has 0 bridgehead atoms. The van der Waals surface area contributed by atoms with Gasteiger partial charge in [-0.1, -0.05) is 188 Å². The van der Waals surface area contributed by atoms with Crippen molar-refractivity contribution in [2.24, 2.45) is 0 Å². The van der Waals surface area contributed by atoms with Crippen LogP contribution in [0.25, 0.3) is 0 Å². The molecule has 0 aliphatic carbocycles. The lowest BCUT2D eigenvalue weighted by atomic mass is 9.66. The zero-order valence-corrected chi connectivity index (χ0v) is 49.3. The van der Waals surface area contributed by atoms with Crippen LogP contribution in [0.4, 0.5) is 0 Å². The molecule has 15 heteroatoms. The van der Waals surface area contributed by atoms with Crippen LogP contribution in [-0.2, 0) is 44.7 Å². The molecule has 8 aromatic rings. The average Bonchev–Trinajstić information content (AvgIpc) is 1.53. The quantitative estimate of drug-likeness (QED) is 0.0219. The van der Waals surface area contributed by atoms with Crippen molar-refractivity contribution in [3.63, 3.8) is 0 Å². The van der Waals surface area contributed by atoms with Crippen LogP contribution in [0.15, 0.2) is 224 Å². The van der Waals surface area contributed by atoms with E-state index in [0.717, 1.165) is 44.4 Å². The third-order valence-corrected chi connectivity index (χ3v) is 17.1. The van der Waals surface area contributed by atoms with Gasteiger partial charge in [0.2, 0.25) is 5.91 Å². The zero-order chi connectivity index (χ0) is 58.9. The summed E-state index contributed by atoms with van der Waals surface area (Å²) in [6.07, 6.45) is -0.616. The van der Waals surface area contributed by atoms with Gasteiger partial charge in [-0.05, 0) is 109 Å². The Morgan fingerprint density at radius 2 is 1.02 bits per heavy atom. The summed E-state index contributed by atoms with van der Waals surface area (Å²) >= 11 is 0. The number of ether oxygens (including phenoxy) is 3. The predicted octanol–water partition coefficient (Wildman–Crippen LogP) is 12.2. The van der Waals surface area contributed by atoms with Crippen molar-refractivity contribution in [3.05, 3.63) is 269 Å². The Labute approximate surface area is 495 Å². The second-order valence-electron chi connectivity index (χ2n) is 20.9. The van der Waals surface area contributed by atoms with Crippen molar-refractivity contribution in [1.82, 2.24) is 15.3 Å². The van der Waals surface area contributed by atoms with E-state index in [2.05, 4.69) is 97.6 Å². The summed E-state index contributed by atoms with van der Waals surface area (Å²) in [7, 11) is 0.617. The van der Waals surface area contributed by atoms with Crippen LogP contribution in [0.1, 0.15) is 89.8 Å². The third-order valence-electron chi connectivity index (χ3n) is 15.0. The topological polar surface area (TPSA) is 150 Å². The summed E-state index contributed by atoms with van der Waals surface area (Å²) in [6.45, 7) is 8.50. The van der Waals surface area contributed by atoms with Gasteiger partial charge in [-0.15, -0.1) is 0 Å². The molecule has 1 saturated heterocycles. The Morgan fingerprint density at radius 3 is 1.44 bits per heavy atom. The molecular formula is C69H72BN4O9P. The molecule has 8 aromatic carbocycles. The molecule has 1 heterocycles. The molecule has 2 N–H and O–H groups in total. The molecule has 430 valence electrons. The average molecular weight is 1140 g/mol. The smallest absolute Gasteiger partial charge is 0.495 e. The van der Waals surface area contributed by atoms with Crippen LogP contribution < -0.4 is 25.6 Å². The number of carbonyl (C=O) groups is 2. The van der Waals surface area contributed by atoms with E-state index in [1.165, 1.54) is 0 Å². The first-order valence-electron chi connectivity index (χ1n) is 28.4. The highest BCUT2D eigenvalue weighted by molar-refractivity contribution is 7.44. The number of nitrogens with zero attached hydrogens (tertiary/aromatic N) is 2. The molecule has 84 heavy (non-hydrogen) atoms. The van der Waals surface area contributed by atoms with E-state index in [4.69, 9.17) is 32.6 Å². The number of amides is 2. The van der Waals surface area contributed by atoms with E-state index in [9.17, 15) is 14.9 Å². The fourth-order valence-corrected chi connectivity index (χ4v) is 12.8. The molecule has 0 radical (unpaired) electrons. The predicted molar refractivity (Wildman–Crippen MR) is 330 cm³/mol. The molecule has 13 nitrogen and oxygen atoms in total. The van der Waals surface area contributed by atoms with E-state index < -0.39 is 38.6 Å². The molecule has 0 spiro atoms. The van der Waals surface area contributed by atoms with Gasteiger partial charge in [-0.2, -0.15) is 5.26 Å². The number of methoxy groups -OCH3 is 2. The largest absolute Gasteiger partial charge is 0.497 e. The normalized spacial score (nSPS) is 14.4. The van der Waals surface area contributed by atoms with Crippen LogP contribution in [0.3, 0.4) is 0 Å². The highest BCUT2D eigenvalue weighted by Crippen LogP contribution is 2.59. The maximum absolute atomic E-state index is 13.9. The summed E-state index contributed by atoms with van der Waals surface area (Å²) in [5.41, 5.74) is 3.76. The minimum atomic E-state index is -1.77. The van der Waals surface area contributed by atoms with Gasteiger partial charge in [0.05, 0.1) is 39.9 Å². The number of hydrogen-bond acceptors (Lipinski definition) is 11. The van der Waals surface area contributed by atoms with E-state index in [-0.39, 0.29) is 63.0 Å². The summed E-state index contributed by atoms with van der Waals surface area (Å²) in [6, 6.07) is 75.7. The Kier molecular flexibility index (Phi) is 20.6. The minimum Gasteiger partial charge on any atom is -0.497 e. The van der Waals surface area contributed by atoms with Crippen molar-refractivity contribution < 1.29 is 42.2 Å². The highest BCUT2D eigenvalue weighted by atomic mass is 31.2. The van der Waals surface area contributed by atoms with Crippen molar-refractivity contribution >= 4 is 32.9 Å². The van der Waals surface area contributed by atoms with E-state index in [1.807, 2.05) is 164 Å². The first-order chi connectivity index (χ1) is 41.0. The van der Waals surface area contributed by atoms with Gasteiger partial charge >= 0.3 is 7.12 Å². The van der Waals surface area contributed by atoms with Gasteiger partial charge in [0, 0.05) is 37.2 Å². The number of nitriles is 1. The first kappa shape index (κ1) is 60.6. The van der Waals surface area contributed by atoms with Crippen LogP contribution in [0.5, 0.6) is 11.5 Å². The fraction of sp³-hybridized carbons (Fsp3) is 0.261. The maximum Gasteiger partial charge on any atom is 0.495 e. The molecule has 2 amide bonds. The van der Waals surface area contributed by atoms with Crippen LogP contribution in [0.2, 0.25) is 0 Å². The summed E-state index contributed by atoms with van der Waals surface area (Å²) in [4.78, 5) is 27.8. The number of benzene rings is 8. The fourth-order valence-electron chi connectivity index (χ4n) is 11.1. The van der Waals surface area contributed by atoms with Gasteiger partial charge in [-0.3, -0.25) is 9.59 Å². The number of carbonyl (C=O) groups excluding carboxylic acids is 2. The van der Waals surface area contributed by atoms with Crippen LogP contribution >= 0.6 is 8.53 Å². The lowest BCUT2D eigenvalue weighted by molar-refractivity contribution is -0.121. The van der Waals surface area contributed by atoms with Gasteiger partial charge < -0.3 is 43.2 Å². The van der Waals surface area contributed by atoms with Crippen molar-refractivity contribution in [3.8, 4) is 17.6 Å². The monoisotopic (exact) mass is 1140 g/mol. The van der Waals surface area contributed by atoms with Crippen LogP contribution in [-0.4, -0.2) is 82.3 Å². The summed E-state index contributed by atoms with van der Waals surface area (Å²) < 4.78 is 48.8. The van der Waals surface area contributed by atoms with Gasteiger partial charge in [0.1, 0.15) is 34.4 Å². The molecule has 1 fully saturated rings. The Morgan fingerprint density at radius 1 is 0.595 bits per heavy atom. The molecule has 0 saturated carbocycles. The molecule has 2 atom stereocenters. The lowest BCUT2D eigenvalue weighted by Crippen LogP contribution is -2.48. The Hall–Kier alpha value is -7.96. The third kappa shape index (κ3) is 13.2. The van der Waals surface area contributed by atoms with E-state index in [1.54, 1.807) is 26.4 Å². The van der Waals surface area contributed by atoms with Crippen molar-refractivity contribution in [2.75, 3.05) is 40.5 Å². The SMILES string of the molecule is COc1ccc(C(OCC(CNC(=O)CCNC(=O)c2ccc(B3OC(c4ccccc4)(c4ccccc4)C(c4ccccc4)(c4ccccc4)O3)cc2)OP(OCCC#N)N(C(C)C)C(C)C)(c2ccccc2)c2ccc(OC)cc2)cc1. The lowest BCUT2D eigenvalue weighted by Gasteiger charge is -2.46. The highest BCUT2D eigenvalue weighted by Gasteiger charge is 2.66. The number of rotatable bonds is 27.